The summed E-state index contributed by atoms with van der Waals surface area (Å²) in [6, 6.07) is 0.0131. The van der Waals surface area contributed by atoms with Crippen molar-refractivity contribution in [2.45, 2.75) is 56.9 Å². The molecule has 7 atom stereocenters. The van der Waals surface area contributed by atoms with Crippen LogP contribution in [-0.4, -0.2) is 67.8 Å². The van der Waals surface area contributed by atoms with Crippen LogP contribution in [0.2, 0.25) is 0 Å². The minimum Gasteiger partial charge on any atom is -0.384 e. The van der Waals surface area contributed by atoms with Crippen molar-refractivity contribution in [3.63, 3.8) is 0 Å². The topological polar surface area (TPSA) is 106 Å². The summed E-state index contributed by atoms with van der Waals surface area (Å²) in [5.74, 6) is 0.601. The highest BCUT2D eigenvalue weighted by atomic mass is 19.1. The van der Waals surface area contributed by atoms with Gasteiger partial charge in [-0.15, -0.1) is 0 Å². The van der Waals surface area contributed by atoms with E-state index in [4.69, 9.17) is 5.73 Å². The number of hydrazine groups is 1. The zero-order valence-electron chi connectivity index (χ0n) is 16.2. The van der Waals surface area contributed by atoms with Crippen molar-refractivity contribution >= 4 is 5.91 Å². The van der Waals surface area contributed by atoms with E-state index in [9.17, 15) is 13.6 Å². The van der Waals surface area contributed by atoms with Crippen molar-refractivity contribution < 1.29 is 13.6 Å². The van der Waals surface area contributed by atoms with Crippen LogP contribution in [0.4, 0.5) is 8.78 Å². The number of piperidine rings is 2. The van der Waals surface area contributed by atoms with E-state index in [2.05, 4.69) is 26.7 Å². The molecule has 0 aromatic rings. The summed E-state index contributed by atoms with van der Waals surface area (Å²) in [6.45, 7) is 3.96. The predicted octanol–water partition coefficient (Wildman–Crippen LogP) is -0.978. The lowest BCUT2D eigenvalue weighted by atomic mass is 9.74. The Morgan fingerprint density at radius 1 is 1.21 bits per heavy atom. The van der Waals surface area contributed by atoms with E-state index in [0.717, 1.165) is 19.4 Å². The molecule has 3 fully saturated rings. The van der Waals surface area contributed by atoms with Crippen molar-refractivity contribution in [1.29, 1.82) is 0 Å². The molecule has 1 amide bonds. The number of hydrogen-bond acceptors (Lipinski definition) is 7. The van der Waals surface area contributed by atoms with E-state index >= 15 is 0 Å². The van der Waals surface area contributed by atoms with E-state index in [0.29, 0.717) is 24.5 Å². The molecular weight excluding hydrogens is 368 g/mol. The third-order valence-electron chi connectivity index (χ3n) is 6.55. The maximum absolute atomic E-state index is 13.7. The normalized spacial score (nSPS) is 42.0. The first-order valence-corrected chi connectivity index (χ1v) is 10.3. The Kier molecular flexibility index (Phi) is 5.73. The van der Waals surface area contributed by atoms with Gasteiger partial charge in [-0.05, 0) is 44.6 Å². The van der Waals surface area contributed by atoms with Crippen LogP contribution in [0.15, 0.2) is 11.4 Å². The predicted molar refractivity (Wildman–Crippen MR) is 101 cm³/mol. The fraction of sp³-hybridized carbons (Fsp3) is 0.833. The van der Waals surface area contributed by atoms with Crippen molar-refractivity contribution in [2.24, 2.45) is 17.6 Å². The molecule has 4 rings (SSSR count). The standard InChI is InChI=1S/C18H31F2N7O/c1-9-11(2-3-14(20)24-9)12-4-5-22-7-13(12)25-18(28)15-16(21)26-27-8-10(19)6-23-17(15)27/h9-14,17,22-24,26H,2-8,21H2,1H3,(H,25,28). The van der Waals surface area contributed by atoms with Gasteiger partial charge in [-0.2, -0.15) is 5.01 Å². The number of nitrogens with one attached hydrogen (secondary N) is 5. The number of amides is 1. The number of nitrogens with zero attached hydrogens (tertiary/aromatic N) is 1. The van der Waals surface area contributed by atoms with Crippen LogP contribution < -0.4 is 32.4 Å². The van der Waals surface area contributed by atoms with Crippen LogP contribution in [0, 0.1) is 11.8 Å². The summed E-state index contributed by atoms with van der Waals surface area (Å²) in [5, 5.41) is 14.2. The Labute approximate surface area is 164 Å². The van der Waals surface area contributed by atoms with Gasteiger partial charge in [-0.25, -0.2) is 8.78 Å². The SMILES string of the molecule is CC1NC(F)CCC1C1CCNCC1NC(=O)C1=C(N)NN2CC(F)CNC12. The molecule has 4 aliphatic heterocycles. The van der Waals surface area contributed by atoms with E-state index < -0.39 is 18.6 Å². The number of carbonyl (C=O) groups excluding carboxylic acids is 1. The molecule has 0 spiro atoms. The number of fused-ring (bicyclic) bond motifs is 1. The van der Waals surface area contributed by atoms with E-state index in [1.807, 2.05) is 6.92 Å². The van der Waals surface area contributed by atoms with Crippen molar-refractivity contribution in [3.05, 3.63) is 11.4 Å². The molecule has 0 radical (unpaired) electrons. The van der Waals surface area contributed by atoms with E-state index in [1.165, 1.54) is 0 Å². The molecule has 28 heavy (non-hydrogen) atoms. The second-order valence-corrected chi connectivity index (χ2v) is 8.40. The molecular formula is C18H31F2N7O. The Balaban J connectivity index is 1.44. The summed E-state index contributed by atoms with van der Waals surface area (Å²) in [5.41, 5.74) is 9.35. The lowest BCUT2D eigenvalue weighted by Crippen LogP contribution is -2.60. The van der Waals surface area contributed by atoms with Gasteiger partial charge in [0.25, 0.3) is 5.91 Å². The second kappa shape index (κ2) is 8.10. The number of rotatable bonds is 3. The van der Waals surface area contributed by atoms with E-state index in [-0.39, 0.29) is 42.8 Å². The molecule has 0 aromatic carbocycles. The van der Waals surface area contributed by atoms with Crippen LogP contribution in [0.3, 0.4) is 0 Å². The highest BCUT2D eigenvalue weighted by Crippen LogP contribution is 2.33. The molecule has 4 aliphatic rings. The van der Waals surface area contributed by atoms with Gasteiger partial charge in [0.1, 0.15) is 18.2 Å². The number of alkyl halides is 2. The Bertz CT molecular complexity index is 633. The third kappa shape index (κ3) is 3.83. The lowest BCUT2D eigenvalue weighted by Gasteiger charge is -2.43. The quantitative estimate of drug-likeness (QED) is 0.339. The first-order chi connectivity index (χ1) is 13.4. The molecule has 8 nitrogen and oxygen atoms in total. The summed E-state index contributed by atoms with van der Waals surface area (Å²) >= 11 is 0. The molecule has 7 unspecified atom stereocenters. The van der Waals surface area contributed by atoms with Gasteiger partial charge < -0.3 is 21.8 Å². The van der Waals surface area contributed by atoms with Gasteiger partial charge in [0.15, 0.2) is 6.30 Å². The van der Waals surface area contributed by atoms with Gasteiger partial charge >= 0.3 is 0 Å². The number of carbonyl (C=O) groups is 1. The Morgan fingerprint density at radius 3 is 2.82 bits per heavy atom. The summed E-state index contributed by atoms with van der Waals surface area (Å²) < 4.78 is 27.3. The van der Waals surface area contributed by atoms with Gasteiger partial charge in [0.05, 0.1) is 12.1 Å². The lowest BCUT2D eigenvalue weighted by molar-refractivity contribution is -0.119. The van der Waals surface area contributed by atoms with Crippen LogP contribution in [0.1, 0.15) is 26.2 Å². The van der Waals surface area contributed by atoms with Crippen LogP contribution in [-0.2, 0) is 4.79 Å². The number of nitrogens with two attached hydrogens (primary N) is 1. The number of halogens is 2. The second-order valence-electron chi connectivity index (χ2n) is 8.40. The fourth-order valence-corrected chi connectivity index (χ4v) is 5.17. The highest BCUT2D eigenvalue weighted by molar-refractivity contribution is 5.95. The molecule has 158 valence electrons. The number of hydrogen-bond donors (Lipinski definition) is 6. The fourth-order valence-electron chi connectivity index (χ4n) is 5.17. The third-order valence-corrected chi connectivity index (χ3v) is 6.55. The van der Waals surface area contributed by atoms with Gasteiger partial charge in [-0.1, -0.05) is 0 Å². The molecule has 0 bridgehead atoms. The van der Waals surface area contributed by atoms with Crippen molar-refractivity contribution in [1.82, 2.24) is 31.7 Å². The maximum atomic E-state index is 13.7. The summed E-state index contributed by atoms with van der Waals surface area (Å²) in [4.78, 5) is 13.1. The minimum absolute atomic E-state index is 0.0569. The largest absolute Gasteiger partial charge is 0.384 e. The first-order valence-electron chi connectivity index (χ1n) is 10.3. The molecule has 0 aromatic heterocycles. The molecule has 4 heterocycles. The molecule has 7 N–H and O–H groups in total. The first kappa shape index (κ1) is 19.8. The zero-order chi connectivity index (χ0) is 19.8. The van der Waals surface area contributed by atoms with Crippen LogP contribution >= 0.6 is 0 Å². The summed E-state index contributed by atoms with van der Waals surface area (Å²) in [7, 11) is 0. The van der Waals surface area contributed by atoms with E-state index in [1.54, 1.807) is 5.01 Å². The van der Waals surface area contributed by atoms with Crippen LogP contribution in [0.25, 0.3) is 0 Å². The average Bonchev–Trinajstić information content (AvgIpc) is 2.97. The molecule has 10 heteroatoms. The van der Waals surface area contributed by atoms with Gasteiger partial charge in [0.2, 0.25) is 0 Å². The highest BCUT2D eigenvalue weighted by Gasteiger charge is 2.42. The van der Waals surface area contributed by atoms with Crippen LogP contribution in [0.5, 0.6) is 0 Å². The summed E-state index contributed by atoms with van der Waals surface area (Å²) in [6.07, 6.45) is -0.127. The van der Waals surface area contributed by atoms with Gasteiger partial charge in [0, 0.05) is 25.2 Å². The molecule has 0 saturated carbocycles. The smallest absolute Gasteiger partial charge is 0.254 e. The van der Waals surface area contributed by atoms with Crippen molar-refractivity contribution in [2.75, 3.05) is 26.2 Å². The van der Waals surface area contributed by atoms with Gasteiger partial charge in [-0.3, -0.25) is 15.4 Å². The Morgan fingerprint density at radius 2 is 2.04 bits per heavy atom. The zero-order valence-corrected chi connectivity index (χ0v) is 16.2. The monoisotopic (exact) mass is 399 g/mol. The molecule has 3 saturated heterocycles. The average molecular weight is 399 g/mol. The molecule has 0 aliphatic carbocycles. The minimum atomic E-state index is -1.01. The Hall–Kier alpha value is -1.49. The maximum Gasteiger partial charge on any atom is 0.254 e. The van der Waals surface area contributed by atoms with Crippen molar-refractivity contribution in [3.8, 4) is 0 Å².